The topological polar surface area (TPSA) is 72.8 Å². The highest BCUT2D eigenvalue weighted by Gasteiger charge is 2.16. The number of aliphatic hydroxyl groups is 1. The van der Waals surface area contributed by atoms with Gasteiger partial charge >= 0.3 is 11.9 Å². The summed E-state index contributed by atoms with van der Waals surface area (Å²) in [5, 5.41) is 9.67. The van der Waals surface area contributed by atoms with Crippen LogP contribution in [0.3, 0.4) is 0 Å². The molecular formula is C73H110O5. The SMILES string of the molecule is CC/C=C\C/C=C\C/C=C\C/C=C\C/C=C\C/C=C\C/C=C\C/C=C\C/C=C\C/C=C\C/C=C\CCCCCC(=O)OC(CO)COC(=O)CCCCCCCCCC/C=C\C/C=C\C/C=C\C/C=C\C/C=C\C/C=C\CC. The Kier molecular flexibility index (Phi) is 61.1. The molecule has 0 saturated carbocycles. The van der Waals surface area contributed by atoms with Gasteiger partial charge in [-0.15, -0.1) is 0 Å². The van der Waals surface area contributed by atoms with Crippen LogP contribution in [0, 0.1) is 0 Å². The summed E-state index contributed by atoms with van der Waals surface area (Å²) in [4.78, 5) is 24.6. The van der Waals surface area contributed by atoms with Gasteiger partial charge in [-0.05, 0) is 148 Å². The second kappa shape index (κ2) is 65.8. The van der Waals surface area contributed by atoms with E-state index in [-0.39, 0.29) is 25.2 Å². The third-order valence-electron chi connectivity index (χ3n) is 12.1. The van der Waals surface area contributed by atoms with Crippen molar-refractivity contribution in [1.29, 1.82) is 0 Å². The number of carbonyl (C=O) groups excluding carboxylic acids is 2. The van der Waals surface area contributed by atoms with Crippen LogP contribution >= 0.6 is 0 Å². The van der Waals surface area contributed by atoms with Crippen molar-refractivity contribution in [2.75, 3.05) is 13.2 Å². The molecule has 0 aliphatic carbocycles. The molecule has 0 spiro atoms. The van der Waals surface area contributed by atoms with Crippen LogP contribution in [0.4, 0.5) is 0 Å². The van der Waals surface area contributed by atoms with Crippen LogP contribution in [-0.4, -0.2) is 36.4 Å². The van der Waals surface area contributed by atoms with E-state index in [1.807, 2.05) is 0 Å². The molecule has 5 nitrogen and oxygen atoms in total. The van der Waals surface area contributed by atoms with Gasteiger partial charge in [0.15, 0.2) is 6.10 Å². The summed E-state index contributed by atoms with van der Waals surface area (Å²) in [5.74, 6) is -0.656. The van der Waals surface area contributed by atoms with Gasteiger partial charge in [-0.3, -0.25) is 9.59 Å². The maximum atomic E-state index is 12.3. The molecule has 0 heterocycles. The van der Waals surface area contributed by atoms with Crippen LogP contribution in [0.1, 0.15) is 219 Å². The van der Waals surface area contributed by atoms with Crippen molar-refractivity contribution in [2.24, 2.45) is 0 Å². The van der Waals surface area contributed by atoms with Crippen molar-refractivity contribution in [3.8, 4) is 0 Å². The number of aliphatic hydroxyl groups excluding tert-OH is 1. The highest BCUT2D eigenvalue weighted by Crippen LogP contribution is 2.13. The minimum absolute atomic E-state index is 0.0989. The molecule has 0 saturated heterocycles. The van der Waals surface area contributed by atoms with Crippen molar-refractivity contribution in [3.63, 3.8) is 0 Å². The quantitative estimate of drug-likeness (QED) is 0.0373. The first-order valence-corrected chi connectivity index (χ1v) is 30.6. The molecule has 5 heteroatoms. The number of ether oxygens (including phenoxy) is 2. The lowest BCUT2D eigenvalue weighted by molar-refractivity contribution is -0.161. The van der Waals surface area contributed by atoms with Gasteiger partial charge < -0.3 is 14.6 Å². The molecule has 1 N–H and O–H groups in total. The summed E-state index contributed by atoms with van der Waals surface area (Å²) >= 11 is 0. The Morgan fingerprint density at radius 2 is 0.513 bits per heavy atom. The standard InChI is InChI=1S/C73H110O5/c1-3-5-7-9-11-13-15-17-19-21-23-25-27-29-31-32-33-34-35-36-37-38-39-40-42-44-46-48-50-52-54-56-58-60-62-64-66-68-73(76)78-71(69-74)70-77-72(75)67-65-63-61-59-57-55-53-51-49-47-45-43-41-30-28-26-24-22-20-18-16-14-12-10-8-6-4-2/h5-8,11-14,17-20,23-26,29-31,33-34,36-37,39-41,44-47,50,52,56,58,71,74H,3-4,9-10,15-16,21-22,27-28,32,35,38,42-43,48-49,51,53-55,57,59-70H2,1-2H3/b7-5-,8-6-,13-11-,14-12-,19-17-,20-18-,25-23-,26-24-,31-29-,34-33-,37-36-,40-39-,41-30-,46-44-,47-45-,52-50-,58-56-. The molecular weight excluding hydrogens is 957 g/mol. The summed E-state index contributed by atoms with van der Waals surface area (Å²) < 4.78 is 10.7. The average Bonchev–Trinajstić information content (AvgIpc) is 3.44. The predicted molar refractivity (Wildman–Crippen MR) is 342 cm³/mol. The zero-order chi connectivity index (χ0) is 56.2. The molecule has 0 fully saturated rings. The van der Waals surface area contributed by atoms with E-state index in [1.165, 1.54) is 32.1 Å². The first kappa shape index (κ1) is 72.5. The van der Waals surface area contributed by atoms with Gasteiger partial charge in [-0.25, -0.2) is 0 Å². The van der Waals surface area contributed by atoms with E-state index in [0.29, 0.717) is 12.8 Å². The molecule has 1 unspecified atom stereocenters. The van der Waals surface area contributed by atoms with Crippen molar-refractivity contribution >= 4 is 11.9 Å². The summed E-state index contributed by atoms with van der Waals surface area (Å²) in [5.41, 5.74) is 0. The Morgan fingerprint density at radius 1 is 0.295 bits per heavy atom. The lowest BCUT2D eigenvalue weighted by Crippen LogP contribution is -2.28. The first-order valence-electron chi connectivity index (χ1n) is 30.6. The number of allylic oxidation sites excluding steroid dienone is 34. The molecule has 0 aromatic heterocycles. The van der Waals surface area contributed by atoms with Crippen molar-refractivity contribution in [3.05, 3.63) is 207 Å². The molecule has 0 aliphatic rings. The maximum Gasteiger partial charge on any atom is 0.306 e. The number of unbranched alkanes of at least 4 members (excludes halogenated alkanes) is 11. The Balaban J connectivity index is 3.70. The van der Waals surface area contributed by atoms with Crippen molar-refractivity contribution in [2.45, 2.75) is 225 Å². The second-order valence-electron chi connectivity index (χ2n) is 19.3. The first-order chi connectivity index (χ1) is 38.6. The summed E-state index contributed by atoms with van der Waals surface area (Å²) in [7, 11) is 0. The van der Waals surface area contributed by atoms with E-state index in [0.717, 1.165) is 161 Å². The fourth-order valence-electron chi connectivity index (χ4n) is 7.56. The van der Waals surface area contributed by atoms with Gasteiger partial charge in [0.05, 0.1) is 6.61 Å². The number of hydrogen-bond donors (Lipinski definition) is 1. The van der Waals surface area contributed by atoms with Crippen LogP contribution in [0.2, 0.25) is 0 Å². The molecule has 0 amide bonds. The fraction of sp³-hybridized carbons (Fsp3) is 0.507. The smallest absolute Gasteiger partial charge is 0.306 e. The molecule has 78 heavy (non-hydrogen) atoms. The van der Waals surface area contributed by atoms with E-state index < -0.39 is 6.10 Å². The van der Waals surface area contributed by atoms with Gasteiger partial charge in [-0.1, -0.05) is 265 Å². The lowest BCUT2D eigenvalue weighted by atomic mass is 10.1. The van der Waals surface area contributed by atoms with E-state index >= 15 is 0 Å². The highest BCUT2D eigenvalue weighted by atomic mass is 16.6. The number of carbonyl (C=O) groups is 2. The van der Waals surface area contributed by atoms with E-state index in [1.54, 1.807) is 0 Å². The van der Waals surface area contributed by atoms with Crippen LogP contribution < -0.4 is 0 Å². The van der Waals surface area contributed by atoms with Crippen molar-refractivity contribution < 1.29 is 24.2 Å². The summed E-state index contributed by atoms with van der Waals surface area (Å²) in [6.45, 7) is 3.86. The van der Waals surface area contributed by atoms with Gasteiger partial charge in [-0.2, -0.15) is 0 Å². The molecule has 0 bridgehead atoms. The number of rotatable bonds is 53. The minimum atomic E-state index is -0.812. The van der Waals surface area contributed by atoms with Crippen LogP contribution in [-0.2, 0) is 19.1 Å². The van der Waals surface area contributed by atoms with Gasteiger partial charge in [0, 0.05) is 12.8 Å². The number of esters is 2. The van der Waals surface area contributed by atoms with Gasteiger partial charge in [0.1, 0.15) is 6.61 Å². The molecule has 1 atom stereocenters. The van der Waals surface area contributed by atoms with Gasteiger partial charge in [0.2, 0.25) is 0 Å². The third kappa shape index (κ3) is 63.0. The Bertz CT molecular complexity index is 1880. The van der Waals surface area contributed by atoms with Crippen LogP contribution in [0.5, 0.6) is 0 Å². The molecule has 432 valence electrons. The molecule has 0 aromatic carbocycles. The molecule has 0 aromatic rings. The third-order valence-corrected chi connectivity index (χ3v) is 12.1. The maximum absolute atomic E-state index is 12.3. The monoisotopic (exact) mass is 1070 g/mol. The molecule has 0 radical (unpaired) electrons. The van der Waals surface area contributed by atoms with Crippen LogP contribution in [0.15, 0.2) is 207 Å². The molecule has 0 aliphatic heterocycles. The molecule has 0 rings (SSSR count). The fourth-order valence-corrected chi connectivity index (χ4v) is 7.56. The van der Waals surface area contributed by atoms with Crippen molar-refractivity contribution in [1.82, 2.24) is 0 Å². The van der Waals surface area contributed by atoms with E-state index in [4.69, 9.17) is 9.47 Å². The summed E-state index contributed by atoms with van der Waals surface area (Å²) in [6, 6.07) is 0. The zero-order valence-corrected chi connectivity index (χ0v) is 49.3. The number of hydrogen-bond acceptors (Lipinski definition) is 5. The normalized spacial score (nSPS) is 13.7. The second-order valence-corrected chi connectivity index (χ2v) is 19.3. The zero-order valence-electron chi connectivity index (χ0n) is 49.3. The lowest BCUT2D eigenvalue weighted by Gasteiger charge is -2.15. The van der Waals surface area contributed by atoms with E-state index in [9.17, 15) is 14.7 Å². The summed E-state index contributed by atoms with van der Waals surface area (Å²) in [6.07, 6.45) is 107. The predicted octanol–water partition coefficient (Wildman–Crippen LogP) is 21.4. The Labute approximate surface area is 479 Å². The van der Waals surface area contributed by atoms with Crippen LogP contribution in [0.25, 0.3) is 0 Å². The highest BCUT2D eigenvalue weighted by molar-refractivity contribution is 5.70. The van der Waals surface area contributed by atoms with Gasteiger partial charge in [0.25, 0.3) is 0 Å². The Hall–Kier alpha value is -5.52. The van der Waals surface area contributed by atoms with E-state index in [2.05, 4.69) is 220 Å². The average molecular weight is 1070 g/mol. The minimum Gasteiger partial charge on any atom is -0.462 e. The largest absolute Gasteiger partial charge is 0.462 e. The Morgan fingerprint density at radius 3 is 0.782 bits per heavy atom.